The molecule has 3 fully saturated rings. The van der Waals surface area contributed by atoms with Crippen LogP contribution in [0.15, 0.2) is 0 Å². The number of carbonyl (C=O) groups excluding carboxylic acids is 4. The molecule has 276 valence electrons. The van der Waals surface area contributed by atoms with E-state index in [4.69, 9.17) is 30.4 Å². The number of hydrogen-bond donors (Lipinski definition) is 4. The normalized spacial score (nSPS) is 26.2. The first-order valence-corrected chi connectivity index (χ1v) is 18.2. The molecule has 3 saturated carbocycles. The Kier molecular flexibility index (Phi) is 18.0. The Morgan fingerprint density at radius 3 is 1.23 bits per heavy atom. The molecular formula is C34H62N6O8. The molecule has 3 aliphatic carbocycles. The van der Waals surface area contributed by atoms with Crippen LogP contribution in [0.5, 0.6) is 0 Å². The average molecular weight is 683 g/mol. The number of nitrogens with two attached hydrogens (primary N) is 2. The van der Waals surface area contributed by atoms with E-state index in [1.807, 2.05) is 0 Å². The molecule has 0 aromatic rings. The van der Waals surface area contributed by atoms with Gasteiger partial charge in [0.2, 0.25) is 0 Å². The highest BCUT2D eigenvalue weighted by Gasteiger charge is 2.25. The molecule has 0 bridgehead atoms. The molecule has 4 amide bonds. The molecule has 0 unspecified atom stereocenters. The molecule has 0 spiro atoms. The monoisotopic (exact) mass is 682 g/mol. The lowest BCUT2D eigenvalue weighted by Crippen LogP contribution is -2.37. The van der Waals surface area contributed by atoms with Crippen LogP contribution in [0.4, 0.5) is 19.2 Å². The molecule has 0 aromatic heterocycles. The van der Waals surface area contributed by atoms with Crippen LogP contribution in [0.25, 0.3) is 0 Å². The maximum absolute atomic E-state index is 12.6. The van der Waals surface area contributed by atoms with Gasteiger partial charge in [0.1, 0.15) is 25.4 Å². The molecule has 3 rings (SSSR count). The van der Waals surface area contributed by atoms with Gasteiger partial charge < -0.3 is 50.8 Å². The molecule has 14 nitrogen and oxygen atoms in total. The zero-order chi connectivity index (χ0) is 34.7. The number of nitrogens with zero attached hydrogens (tertiary/aromatic N) is 2. The minimum Gasteiger partial charge on any atom is -0.448 e. The van der Waals surface area contributed by atoms with Crippen molar-refractivity contribution in [1.29, 1.82) is 0 Å². The topological polar surface area (TPSA) is 188 Å². The van der Waals surface area contributed by atoms with E-state index in [2.05, 4.69) is 10.6 Å². The highest BCUT2D eigenvalue weighted by molar-refractivity contribution is 5.69. The lowest BCUT2D eigenvalue weighted by Gasteiger charge is -2.28. The fraction of sp³-hybridized carbons (Fsp3) is 0.882. The Morgan fingerprint density at radius 1 is 0.562 bits per heavy atom. The summed E-state index contributed by atoms with van der Waals surface area (Å²) in [4.78, 5) is 52.3. The Morgan fingerprint density at radius 2 is 0.896 bits per heavy atom. The number of alkyl carbamates (subject to hydrolysis) is 2. The summed E-state index contributed by atoms with van der Waals surface area (Å²) < 4.78 is 22.0. The molecule has 0 heterocycles. The van der Waals surface area contributed by atoms with Crippen LogP contribution in [0, 0.1) is 23.7 Å². The molecule has 3 aliphatic rings. The number of hydrogen-bond acceptors (Lipinski definition) is 10. The molecule has 0 radical (unpaired) electrons. The van der Waals surface area contributed by atoms with Crippen LogP contribution in [-0.4, -0.2) is 113 Å². The Balaban J connectivity index is 1.21. The van der Waals surface area contributed by atoms with Crippen LogP contribution in [-0.2, 0) is 18.9 Å². The molecule has 14 heteroatoms. The van der Waals surface area contributed by atoms with E-state index in [0.717, 1.165) is 77.3 Å². The molecule has 0 aliphatic heterocycles. The third-order valence-corrected chi connectivity index (χ3v) is 10.3. The minimum absolute atomic E-state index is 0.0829. The second kappa shape index (κ2) is 21.9. The van der Waals surface area contributed by atoms with Gasteiger partial charge in [0, 0.05) is 27.2 Å². The summed E-state index contributed by atoms with van der Waals surface area (Å²) in [6.45, 7) is 3.29. The van der Waals surface area contributed by atoms with Gasteiger partial charge in [-0.3, -0.25) is 0 Å². The molecule has 0 saturated heterocycles. The Bertz CT molecular complexity index is 889. The molecule has 0 atom stereocenters. The van der Waals surface area contributed by atoms with Crippen molar-refractivity contribution >= 4 is 24.4 Å². The molecule has 6 N–H and O–H groups in total. The third kappa shape index (κ3) is 15.0. The second-order valence-electron chi connectivity index (χ2n) is 14.0. The van der Waals surface area contributed by atoms with Gasteiger partial charge in [-0.25, -0.2) is 19.2 Å². The average Bonchev–Trinajstić information content (AvgIpc) is 3.08. The van der Waals surface area contributed by atoms with Crippen LogP contribution in [0.3, 0.4) is 0 Å². The van der Waals surface area contributed by atoms with E-state index >= 15 is 0 Å². The van der Waals surface area contributed by atoms with Gasteiger partial charge in [-0.05, 0) is 127 Å². The predicted molar refractivity (Wildman–Crippen MR) is 181 cm³/mol. The summed E-state index contributed by atoms with van der Waals surface area (Å²) in [6, 6.07) is 0. The Labute approximate surface area is 286 Å². The molecular weight excluding hydrogens is 620 g/mol. The van der Waals surface area contributed by atoms with E-state index in [1.165, 1.54) is 9.80 Å². The minimum atomic E-state index is -0.470. The van der Waals surface area contributed by atoms with Crippen LogP contribution < -0.4 is 22.1 Å². The fourth-order valence-corrected chi connectivity index (χ4v) is 6.77. The quantitative estimate of drug-likeness (QED) is 0.193. The van der Waals surface area contributed by atoms with Crippen molar-refractivity contribution in [1.82, 2.24) is 20.4 Å². The third-order valence-electron chi connectivity index (χ3n) is 10.3. The van der Waals surface area contributed by atoms with E-state index in [0.29, 0.717) is 62.4 Å². The van der Waals surface area contributed by atoms with E-state index in [1.54, 1.807) is 14.1 Å². The zero-order valence-corrected chi connectivity index (χ0v) is 29.3. The predicted octanol–water partition coefficient (Wildman–Crippen LogP) is 4.20. The van der Waals surface area contributed by atoms with Gasteiger partial charge >= 0.3 is 24.4 Å². The summed E-state index contributed by atoms with van der Waals surface area (Å²) in [5, 5.41) is 5.67. The summed E-state index contributed by atoms with van der Waals surface area (Å²) in [5.41, 5.74) is 11.5. The zero-order valence-electron chi connectivity index (χ0n) is 29.3. The van der Waals surface area contributed by atoms with Gasteiger partial charge in [0.05, 0.1) is 13.1 Å². The molecule has 0 aromatic carbocycles. The maximum atomic E-state index is 12.6. The lowest BCUT2D eigenvalue weighted by molar-refractivity contribution is 0.0282. The first-order valence-electron chi connectivity index (χ1n) is 18.2. The number of likely N-dealkylation sites (N-methyl/N-ethyl adjacent to an activating group) is 2. The first kappa shape index (κ1) is 39.4. The highest BCUT2D eigenvalue weighted by Crippen LogP contribution is 2.28. The van der Waals surface area contributed by atoms with Crippen LogP contribution >= 0.6 is 0 Å². The van der Waals surface area contributed by atoms with Crippen molar-refractivity contribution < 1.29 is 38.1 Å². The van der Waals surface area contributed by atoms with Crippen molar-refractivity contribution in [2.75, 3.05) is 66.6 Å². The van der Waals surface area contributed by atoms with Crippen molar-refractivity contribution in [2.24, 2.45) is 35.1 Å². The first-order chi connectivity index (χ1) is 23.2. The standard InChI is InChI=1S/C34H62N6O8/c1-39(17-19-45-31(41)37-23-27-13-9-25(21-35)10-14-27)33(43)47-29-5-3-7-30(8-4-6-29)48-34(44)40(2)18-20-46-32(42)38-24-28-15-11-26(22-36)12-16-28/h25-30H,3-24,35-36H2,1-2H3,(H,37,41)(H,38,42). The number of ether oxygens (including phenoxy) is 4. The van der Waals surface area contributed by atoms with Gasteiger partial charge in [0.15, 0.2) is 0 Å². The number of carbonyl (C=O) groups is 4. The number of nitrogens with one attached hydrogen (secondary N) is 2. The Hall–Kier alpha value is -3.00. The van der Waals surface area contributed by atoms with Crippen LogP contribution in [0.2, 0.25) is 0 Å². The smallest absolute Gasteiger partial charge is 0.409 e. The number of rotatable bonds is 14. The van der Waals surface area contributed by atoms with Crippen LogP contribution in [0.1, 0.15) is 89.9 Å². The van der Waals surface area contributed by atoms with Gasteiger partial charge in [0.25, 0.3) is 0 Å². The number of amides is 4. The fourth-order valence-electron chi connectivity index (χ4n) is 6.77. The van der Waals surface area contributed by atoms with Crippen molar-refractivity contribution in [2.45, 2.75) is 102 Å². The SMILES string of the molecule is CN(CCOC(=O)NCC1CCC(CN)CC1)C(=O)OC1CCCC(OC(=O)N(C)CCOC(=O)NCC2CCC(CN)CC2)CCC1. The van der Waals surface area contributed by atoms with Crippen molar-refractivity contribution in [3.63, 3.8) is 0 Å². The van der Waals surface area contributed by atoms with Gasteiger partial charge in [-0.1, -0.05) is 0 Å². The van der Waals surface area contributed by atoms with E-state index < -0.39 is 24.4 Å². The van der Waals surface area contributed by atoms with E-state index in [-0.39, 0.29) is 38.5 Å². The summed E-state index contributed by atoms with van der Waals surface area (Å²) in [6.07, 6.45) is 10.6. The van der Waals surface area contributed by atoms with Gasteiger partial charge in [-0.2, -0.15) is 0 Å². The van der Waals surface area contributed by atoms with Gasteiger partial charge in [-0.15, -0.1) is 0 Å². The summed E-state index contributed by atoms with van der Waals surface area (Å²) >= 11 is 0. The van der Waals surface area contributed by atoms with E-state index in [9.17, 15) is 19.2 Å². The highest BCUT2D eigenvalue weighted by atomic mass is 16.6. The summed E-state index contributed by atoms with van der Waals surface area (Å²) in [7, 11) is 3.25. The lowest BCUT2D eigenvalue weighted by atomic mass is 9.82. The summed E-state index contributed by atoms with van der Waals surface area (Å²) in [5.74, 6) is 2.11. The maximum Gasteiger partial charge on any atom is 0.409 e. The largest absolute Gasteiger partial charge is 0.448 e. The van der Waals surface area contributed by atoms with Crippen molar-refractivity contribution in [3.05, 3.63) is 0 Å². The van der Waals surface area contributed by atoms with Crippen molar-refractivity contribution in [3.8, 4) is 0 Å². The second-order valence-corrected chi connectivity index (χ2v) is 14.0. The molecule has 48 heavy (non-hydrogen) atoms.